The van der Waals surface area contributed by atoms with Crippen molar-refractivity contribution in [1.29, 1.82) is 0 Å². The van der Waals surface area contributed by atoms with Gasteiger partial charge in [-0.25, -0.2) is 13.8 Å². The van der Waals surface area contributed by atoms with Gasteiger partial charge < -0.3 is 30.5 Å². The van der Waals surface area contributed by atoms with Crippen LogP contribution < -0.4 is 20.7 Å². The number of rotatable bonds is 11. The van der Waals surface area contributed by atoms with Crippen LogP contribution in [0.5, 0.6) is 11.6 Å². The first-order chi connectivity index (χ1) is 24.9. The van der Waals surface area contributed by atoms with Crippen LogP contribution in [0.4, 0.5) is 8.78 Å². The zero-order valence-electron chi connectivity index (χ0n) is 28.5. The van der Waals surface area contributed by atoms with Gasteiger partial charge in [0.05, 0.1) is 12.7 Å². The average molecular weight is 696 g/mol. The number of aromatic nitrogens is 1. The Morgan fingerprint density at radius 2 is 1.69 bits per heavy atom. The molecule has 12 heteroatoms. The molecule has 10 nitrogen and oxygen atoms in total. The summed E-state index contributed by atoms with van der Waals surface area (Å²) in [5.41, 5.74) is 3.31. The van der Waals surface area contributed by atoms with Gasteiger partial charge in [0.15, 0.2) is 0 Å². The van der Waals surface area contributed by atoms with Gasteiger partial charge in [0.2, 0.25) is 11.8 Å². The Morgan fingerprint density at radius 3 is 2.47 bits per heavy atom. The van der Waals surface area contributed by atoms with Crippen LogP contribution in [0, 0.1) is 5.82 Å². The van der Waals surface area contributed by atoms with Crippen LogP contribution in [0.1, 0.15) is 48.0 Å². The van der Waals surface area contributed by atoms with E-state index in [2.05, 4.69) is 55.1 Å². The summed E-state index contributed by atoms with van der Waals surface area (Å²) in [6.45, 7) is 5.76. The van der Waals surface area contributed by atoms with E-state index < -0.39 is 17.8 Å². The first kappa shape index (κ1) is 34.5. The normalized spacial score (nSPS) is 21.8. The van der Waals surface area contributed by atoms with Crippen LogP contribution >= 0.6 is 0 Å². The Balaban J connectivity index is 0.912. The molecule has 3 aromatic rings. The Labute approximate surface area is 296 Å². The van der Waals surface area contributed by atoms with E-state index >= 15 is 0 Å². The molecule has 1 aromatic heterocycles. The van der Waals surface area contributed by atoms with Gasteiger partial charge >= 0.3 is 0 Å². The molecule has 2 fully saturated rings. The molecule has 3 N–H and O–H groups in total. The standard InChI is InChI=1S/C39H43F2N7O3/c40-29-10-15-36-46-35(25-48(36)24-29)38(50)45-32-13-11-31(12-14-32)44-37(49)34-22-30(41)23-43-39(34)51-33-5-1-4-28(21-33)27-8-6-26(7-9-27)3-2-18-47-19-16-42-17-20-47/h1,4-10,15,21-24,31-32,35,42H,2-3,11-14,16-20,25H2,(H,44,49)(H,45,50). The van der Waals surface area contributed by atoms with Gasteiger partial charge in [0, 0.05) is 44.5 Å². The summed E-state index contributed by atoms with van der Waals surface area (Å²) in [6, 6.07) is 16.4. The van der Waals surface area contributed by atoms with Gasteiger partial charge in [-0.3, -0.25) is 14.6 Å². The molecule has 4 aliphatic rings. The fourth-order valence-corrected chi connectivity index (χ4v) is 7.07. The van der Waals surface area contributed by atoms with Crippen molar-refractivity contribution < 1.29 is 23.1 Å². The number of carbonyl (C=O) groups is 2. The number of hydrogen-bond donors (Lipinski definition) is 3. The number of piperazine rings is 1. The predicted octanol–water partition coefficient (Wildman–Crippen LogP) is 5.14. The third-order valence-corrected chi connectivity index (χ3v) is 9.88. The number of carbonyl (C=O) groups excluding carboxylic acids is 2. The largest absolute Gasteiger partial charge is 0.438 e. The maximum atomic E-state index is 14.4. The third kappa shape index (κ3) is 8.87. The minimum atomic E-state index is -0.638. The van der Waals surface area contributed by atoms with Crippen molar-refractivity contribution in [1.82, 2.24) is 30.7 Å². The van der Waals surface area contributed by atoms with Crippen molar-refractivity contribution in [2.45, 2.75) is 56.7 Å². The number of nitrogens with zero attached hydrogens (tertiary/aromatic N) is 4. The van der Waals surface area contributed by atoms with E-state index in [-0.39, 0.29) is 35.3 Å². The number of aliphatic imine (C=N–C) groups is 1. The average Bonchev–Trinajstić information content (AvgIpc) is 3.58. The second-order valence-corrected chi connectivity index (χ2v) is 13.6. The molecular formula is C39H43F2N7O3. The fraction of sp³-hybridized carbons (Fsp3) is 0.385. The van der Waals surface area contributed by atoms with E-state index in [1.807, 2.05) is 18.2 Å². The summed E-state index contributed by atoms with van der Waals surface area (Å²) < 4.78 is 34.0. The van der Waals surface area contributed by atoms with Gasteiger partial charge in [-0.15, -0.1) is 0 Å². The molecular weight excluding hydrogens is 652 g/mol. The van der Waals surface area contributed by atoms with Crippen LogP contribution in [0.3, 0.4) is 0 Å². The van der Waals surface area contributed by atoms with Crippen molar-refractivity contribution >= 4 is 17.6 Å². The van der Waals surface area contributed by atoms with Gasteiger partial charge in [0.1, 0.15) is 34.8 Å². The van der Waals surface area contributed by atoms with E-state index in [9.17, 15) is 18.4 Å². The highest BCUT2D eigenvalue weighted by atomic mass is 19.1. The first-order valence-corrected chi connectivity index (χ1v) is 17.8. The zero-order chi connectivity index (χ0) is 35.2. The molecule has 51 heavy (non-hydrogen) atoms. The molecule has 4 heterocycles. The number of fused-ring (bicyclic) bond motifs is 1. The van der Waals surface area contributed by atoms with Gasteiger partial charge in [0.25, 0.3) is 5.91 Å². The molecule has 2 amide bonds. The maximum absolute atomic E-state index is 14.4. The second-order valence-electron chi connectivity index (χ2n) is 13.6. The summed E-state index contributed by atoms with van der Waals surface area (Å²) >= 11 is 0. The van der Waals surface area contributed by atoms with Gasteiger partial charge in [-0.2, -0.15) is 0 Å². The molecule has 1 aliphatic carbocycles. The molecule has 0 spiro atoms. The van der Waals surface area contributed by atoms with Crippen LogP contribution in [-0.2, 0) is 11.2 Å². The summed E-state index contributed by atoms with van der Waals surface area (Å²) in [5, 5.41) is 9.47. The minimum Gasteiger partial charge on any atom is -0.438 e. The first-order valence-electron chi connectivity index (χ1n) is 17.8. The lowest BCUT2D eigenvalue weighted by Gasteiger charge is -2.30. The van der Waals surface area contributed by atoms with Gasteiger partial charge in [-0.05, 0) is 92.1 Å². The number of amides is 2. The Bertz CT molecular complexity index is 1820. The zero-order valence-corrected chi connectivity index (χ0v) is 28.5. The minimum absolute atomic E-state index is 0.0114. The Morgan fingerprint density at radius 1 is 0.922 bits per heavy atom. The molecule has 1 atom stereocenters. The fourth-order valence-electron chi connectivity index (χ4n) is 7.07. The molecule has 0 radical (unpaired) electrons. The molecule has 3 aliphatic heterocycles. The summed E-state index contributed by atoms with van der Waals surface area (Å²) in [7, 11) is 0. The van der Waals surface area contributed by atoms with Crippen molar-refractivity contribution in [2.75, 3.05) is 39.3 Å². The highest BCUT2D eigenvalue weighted by Gasteiger charge is 2.32. The number of nitrogens with one attached hydrogen (secondary N) is 3. The number of pyridine rings is 1. The van der Waals surface area contributed by atoms with E-state index in [0.717, 1.165) is 69.0 Å². The number of amidine groups is 1. The molecule has 2 aromatic carbocycles. The van der Waals surface area contributed by atoms with E-state index in [4.69, 9.17) is 4.74 Å². The summed E-state index contributed by atoms with van der Waals surface area (Å²) in [4.78, 5) is 39.0. The Kier molecular flexibility index (Phi) is 10.8. The monoisotopic (exact) mass is 695 g/mol. The highest BCUT2D eigenvalue weighted by molar-refractivity contribution is 6.00. The van der Waals surface area contributed by atoms with Crippen molar-refractivity contribution in [2.24, 2.45) is 4.99 Å². The highest BCUT2D eigenvalue weighted by Crippen LogP contribution is 2.30. The van der Waals surface area contributed by atoms with Crippen LogP contribution in [0.15, 0.2) is 90.0 Å². The van der Waals surface area contributed by atoms with Crippen molar-refractivity contribution in [3.8, 4) is 22.8 Å². The molecule has 1 saturated heterocycles. The van der Waals surface area contributed by atoms with E-state index in [1.54, 1.807) is 17.0 Å². The lowest BCUT2D eigenvalue weighted by atomic mass is 9.90. The van der Waals surface area contributed by atoms with Gasteiger partial charge in [-0.1, -0.05) is 36.4 Å². The summed E-state index contributed by atoms with van der Waals surface area (Å²) in [6.07, 6.45) is 10.0. The van der Waals surface area contributed by atoms with E-state index in [1.165, 1.54) is 17.8 Å². The number of hydrogen-bond acceptors (Lipinski definition) is 8. The SMILES string of the molecule is O=C(NC1CCC(NC(=O)C2CN3C=C(F)C=CC3=N2)CC1)c1cc(F)cnc1Oc1cccc(-c2ccc(CCCN3CCNCC3)cc2)c1. The quantitative estimate of drug-likeness (QED) is 0.255. The molecule has 0 bridgehead atoms. The number of aryl methyl sites for hydroxylation is 1. The van der Waals surface area contributed by atoms with Crippen molar-refractivity contribution in [3.63, 3.8) is 0 Å². The number of allylic oxidation sites excluding steroid dienone is 2. The van der Waals surface area contributed by atoms with Crippen LogP contribution in [-0.4, -0.2) is 89.8 Å². The molecule has 266 valence electrons. The maximum Gasteiger partial charge on any atom is 0.257 e. The third-order valence-electron chi connectivity index (χ3n) is 9.88. The number of ether oxygens (including phenoxy) is 1. The van der Waals surface area contributed by atoms with Crippen LogP contribution in [0.25, 0.3) is 11.1 Å². The topological polar surface area (TPSA) is 111 Å². The smallest absolute Gasteiger partial charge is 0.257 e. The van der Waals surface area contributed by atoms with Crippen LogP contribution in [0.2, 0.25) is 0 Å². The lowest BCUT2D eigenvalue weighted by molar-refractivity contribution is -0.123. The summed E-state index contributed by atoms with van der Waals surface area (Å²) in [5.74, 6) is -0.605. The van der Waals surface area contributed by atoms with Crippen molar-refractivity contribution in [3.05, 3.63) is 102 Å². The predicted molar refractivity (Wildman–Crippen MR) is 192 cm³/mol. The van der Waals surface area contributed by atoms with E-state index in [0.29, 0.717) is 43.8 Å². The molecule has 7 rings (SSSR count). The molecule has 1 saturated carbocycles. The number of halogens is 2. The molecule has 1 unspecified atom stereocenters. The second kappa shape index (κ2) is 15.9. The Hall–Kier alpha value is -4.94. The number of benzene rings is 2. The lowest BCUT2D eigenvalue weighted by Crippen LogP contribution is -2.46.